The SMILES string of the molecule is CN1C(=O)N2C[NH+]3CC[NH+](CN4C(=O)N(C)C1C24)C3. The second kappa shape index (κ2) is 3.51. The monoisotopic (exact) mass is 268 g/mol. The third-order valence-corrected chi connectivity index (χ3v) is 4.91. The molecule has 4 aliphatic rings. The lowest BCUT2D eigenvalue weighted by molar-refractivity contribution is -1.04. The van der Waals surface area contributed by atoms with E-state index in [2.05, 4.69) is 0 Å². The fourth-order valence-corrected chi connectivity index (χ4v) is 3.97. The Kier molecular flexibility index (Phi) is 2.09. The summed E-state index contributed by atoms with van der Waals surface area (Å²) in [7, 11) is 3.59. The van der Waals surface area contributed by atoms with Crippen molar-refractivity contribution in [1.29, 1.82) is 0 Å². The van der Waals surface area contributed by atoms with Gasteiger partial charge in [-0.05, 0) is 0 Å². The number of quaternary nitrogens is 2. The van der Waals surface area contributed by atoms with Crippen LogP contribution >= 0.6 is 0 Å². The zero-order valence-electron chi connectivity index (χ0n) is 11.3. The van der Waals surface area contributed by atoms with Gasteiger partial charge >= 0.3 is 12.1 Å². The average Bonchev–Trinajstić information content (AvgIpc) is 2.98. The van der Waals surface area contributed by atoms with E-state index in [4.69, 9.17) is 0 Å². The van der Waals surface area contributed by atoms with Gasteiger partial charge in [0.05, 0.1) is 0 Å². The molecule has 0 aromatic heterocycles. The van der Waals surface area contributed by atoms with E-state index in [1.165, 1.54) is 9.80 Å². The maximum absolute atomic E-state index is 12.4. The highest BCUT2D eigenvalue weighted by molar-refractivity contribution is 5.84. The van der Waals surface area contributed by atoms with Gasteiger partial charge in [0.15, 0.2) is 19.5 Å². The van der Waals surface area contributed by atoms with Crippen molar-refractivity contribution in [2.75, 3.05) is 47.2 Å². The van der Waals surface area contributed by atoms with Gasteiger partial charge < -0.3 is 9.80 Å². The number of fused-ring (bicyclic) bond motifs is 2. The van der Waals surface area contributed by atoms with Crippen molar-refractivity contribution in [3.63, 3.8) is 0 Å². The molecule has 8 heteroatoms. The zero-order chi connectivity index (χ0) is 13.3. The summed E-state index contributed by atoms with van der Waals surface area (Å²) in [6.45, 7) is 4.59. The number of rotatable bonds is 0. The van der Waals surface area contributed by atoms with Gasteiger partial charge in [-0.15, -0.1) is 0 Å². The van der Waals surface area contributed by atoms with Gasteiger partial charge in [0.2, 0.25) is 6.67 Å². The average molecular weight is 268 g/mol. The molecule has 19 heavy (non-hydrogen) atoms. The van der Waals surface area contributed by atoms with Crippen LogP contribution in [0.3, 0.4) is 0 Å². The molecule has 0 aromatic rings. The molecule has 0 saturated carbocycles. The minimum atomic E-state index is -0.140. The third-order valence-electron chi connectivity index (χ3n) is 4.91. The van der Waals surface area contributed by atoms with E-state index in [0.29, 0.717) is 13.3 Å². The second-order valence-electron chi connectivity index (χ2n) is 6.05. The summed E-state index contributed by atoms with van der Waals surface area (Å²) >= 11 is 0. The Bertz CT molecular complexity index is 418. The Labute approximate surface area is 111 Å². The first-order chi connectivity index (χ1) is 9.08. The van der Waals surface area contributed by atoms with Gasteiger partial charge in [0.1, 0.15) is 19.3 Å². The highest BCUT2D eigenvalue weighted by atomic mass is 16.2. The Balaban J connectivity index is 1.76. The molecule has 4 heterocycles. The van der Waals surface area contributed by atoms with Crippen LogP contribution in [0.15, 0.2) is 0 Å². The largest absolute Gasteiger partial charge is 0.327 e. The molecule has 2 unspecified atom stereocenters. The highest BCUT2D eigenvalue weighted by Gasteiger charge is 2.60. The van der Waals surface area contributed by atoms with Gasteiger partial charge in [-0.1, -0.05) is 0 Å². The molecule has 0 radical (unpaired) electrons. The predicted octanol–water partition coefficient (Wildman–Crippen LogP) is -3.96. The summed E-state index contributed by atoms with van der Waals surface area (Å²) in [5.41, 5.74) is 0. The van der Waals surface area contributed by atoms with Crippen LogP contribution in [0.4, 0.5) is 9.59 Å². The number of nitrogens with zero attached hydrogens (tertiary/aromatic N) is 4. The van der Waals surface area contributed by atoms with E-state index in [0.717, 1.165) is 19.8 Å². The molecule has 4 aliphatic heterocycles. The Morgan fingerprint density at radius 3 is 1.84 bits per heavy atom. The summed E-state index contributed by atoms with van der Waals surface area (Å²) < 4.78 is 0. The Morgan fingerprint density at radius 1 is 0.895 bits per heavy atom. The number of amides is 4. The first kappa shape index (κ1) is 11.3. The summed E-state index contributed by atoms with van der Waals surface area (Å²) in [6.07, 6.45) is -0.253. The molecule has 0 aromatic carbocycles. The first-order valence-corrected chi connectivity index (χ1v) is 6.82. The maximum Gasteiger partial charge on any atom is 0.327 e. The van der Waals surface area contributed by atoms with E-state index in [1.54, 1.807) is 23.9 Å². The van der Waals surface area contributed by atoms with Gasteiger partial charge in [-0.25, -0.2) is 9.59 Å². The van der Waals surface area contributed by atoms with Crippen molar-refractivity contribution >= 4 is 12.1 Å². The van der Waals surface area contributed by atoms with Crippen LogP contribution in [-0.2, 0) is 0 Å². The summed E-state index contributed by atoms with van der Waals surface area (Å²) in [6, 6.07) is 0.0874. The van der Waals surface area contributed by atoms with Crippen molar-refractivity contribution in [1.82, 2.24) is 19.6 Å². The molecule has 4 rings (SSSR count). The van der Waals surface area contributed by atoms with E-state index < -0.39 is 0 Å². The van der Waals surface area contributed by atoms with E-state index in [9.17, 15) is 9.59 Å². The molecule has 8 nitrogen and oxygen atoms in total. The van der Waals surface area contributed by atoms with Crippen molar-refractivity contribution in [3.05, 3.63) is 0 Å². The van der Waals surface area contributed by atoms with Crippen LogP contribution in [0.2, 0.25) is 0 Å². The molecule has 2 bridgehead atoms. The molecular formula is C11H20N6O2+2. The zero-order valence-corrected chi connectivity index (χ0v) is 11.3. The molecular weight excluding hydrogens is 248 g/mol. The van der Waals surface area contributed by atoms with E-state index in [1.807, 2.05) is 9.80 Å². The lowest BCUT2D eigenvalue weighted by Crippen LogP contribution is -3.25. The number of nitrogens with one attached hydrogen (secondary N) is 2. The van der Waals surface area contributed by atoms with Crippen molar-refractivity contribution in [3.8, 4) is 0 Å². The van der Waals surface area contributed by atoms with E-state index in [-0.39, 0.29) is 24.4 Å². The minimum absolute atomic E-state index is 0.0437. The number of carbonyl (C=O) groups excluding carboxylic acids is 2. The predicted molar refractivity (Wildman–Crippen MR) is 63.8 cm³/mol. The Morgan fingerprint density at radius 2 is 1.37 bits per heavy atom. The summed E-state index contributed by atoms with van der Waals surface area (Å²) in [5.74, 6) is 0. The number of hydrogen-bond donors (Lipinski definition) is 2. The van der Waals surface area contributed by atoms with Crippen molar-refractivity contribution in [2.24, 2.45) is 0 Å². The van der Waals surface area contributed by atoms with Crippen molar-refractivity contribution in [2.45, 2.75) is 12.3 Å². The molecule has 0 aliphatic carbocycles. The standard InChI is InChI=1S/C11H18N6O2/c1-12-8-9-16(10(12)18)6-14-3-4-15(5-14)7-17(9)11(19)13(8)2/h8-9H,3-7H2,1-2H3/p+2. The van der Waals surface area contributed by atoms with Crippen LogP contribution in [0.1, 0.15) is 0 Å². The number of urea groups is 2. The molecule has 4 saturated heterocycles. The summed E-state index contributed by atoms with van der Waals surface area (Å²) in [4.78, 5) is 34.8. The normalized spacial score (nSPS) is 40.9. The molecule has 2 N–H and O–H groups in total. The van der Waals surface area contributed by atoms with Gasteiger partial charge in [0, 0.05) is 14.1 Å². The van der Waals surface area contributed by atoms with Crippen LogP contribution < -0.4 is 9.80 Å². The van der Waals surface area contributed by atoms with Crippen LogP contribution in [0, 0.1) is 0 Å². The van der Waals surface area contributed by atoms with Crippen LogP contribution in [-0.4, -0.2) is 91.2 Å². The number of carbonyl (C=O) groups is 2. The molecule has 0 spiro atoms. The van der Waals surface area contributed by atoms with Crippen LogP contribution in [0.5, 0.6) is 0 Å². The smallest absolute Gasteiger partial charge is 0.303 e. The molecule has 104 valence electrons. The van der Waals surface area contributed by atoms with Crippen molar-refractivity contribution < 1.29 is 19.4 Å². The third kappa shape index (κ3) is 1.30. The Hall–Kier alpha value is -1.54. The van der Waals surface area contributed by atoms with Gasteiger partial charge in [0.25, 0.3) is 0 Å². The second-order valence-corrected chi connectivity index (χ2v) is 6.05. The van der Waals surface area contributed by atoms with Gasteiger partial charge in [-0.3, -0.25) is 19.6 Å². The minimum Gasteiger partial charge on any atom is -0.303 e. The quantitative estimate of drug-likeness (QED) is 0.471. The number of hydrogen-bond acceptors (Lipinski definition) is 2. The fourth-order valence-electron chi connectivity index (χ4n) is 3.97. The maximum atomic E-state index is 12.4. The molecule has 4 fully saturated rings. The van der Waals surface area contributed by atoms with E-state index >= 15 is 0 Å². The fraction of sp³-hybridized carbons (Fsp3) is 0.818. The topological polar surface area (TPSA) is 56.0 Å². The molecule has 4 amide bonds. The van der Waals surface area contributed by atoms with Crippen LogP contribution in [0.25, 0.3) is 0 Å². The summed E-state index contributed by atoms with van der Waals surface area (Å²) in [5, 5.41) is 0. The highest BCUT2D eigenvalue weighted by Crippen LogP contribution is 2.31. The molecule has 2 atom stereocenters. The lowest BCUT2D eigenvalue weighted by Gasteiger charge is -2.32. The number of likely N-dealkylation sites (N-methyl/N-ethyl adjacent to an activating group) is 2. The lowest BCUT2D eigenvalue weighted by atomic mass is 10.3. The van der Waals surface area contributed by atoms with Gasteiger partial charge in [-0.2, -0.15) is 0 Å². The first-order valence-electron chi connectivity index (χ1n) is 6.82.